The summed E-state index contributed by atoms with van der Waals surface area (Å²) in [5, 5.41) is 3.05. The summed E-state index contributed by atoms with van der Waals surface area (Å²) < 4.78 is 4.94. The molecule has 0 aliphatic heterocycles. The van der Waals surface area contributed by atoms with E-state index in [2.05, 4.69) is 39.1 Å². The average Bonchev–Trinajstić information content (AvgIpc) is 2.35. The van der Waals surface area contributed by atoms with Crippen molar-refractivity contribution in [3.63, 3.8) is 0 Å². The molecule has 0 heterocycles. The van der Waals surface area contributed by atoms with Crippen molar-refractivity contribution in [2.45, 2.75) is 39.8 Å². The summed E-state index contributed by atoms with van der Waals surface area (Å²) in [6.07, 6.45) is 0. The number of methoxy groups -OCH3 is 1. The standard InChI is InChI=1S/C16H26N2O2/c1-11-8-6-7-9-12(11)14(16(2,3)4)18-15(19)13(17)10-20-5/h6-9,13-14H,10,17H2,1-5H3,(H,18,19). The van der Waals surface area contributed by atoms with Crippen LogP contribution >= 0.6 is 0 Å². The van der Waals surface area contributed by atoms with Crippen LogP contribution in [0.4, 0.5) is 0 Å². The molecule has 0 saturated carbocycles. The molecule has 2 unspecified atom stereocenters. The van der Waals surface area contributed by atoms with Gasteiger partial charge in [0.05, 0.1) is 12.6 Å². The first-order valence-electron chi connectivity index (χ1n) is 6.87. The van der Waals surface area contributed by atoms with Crippen LogP contribution in [0, 0.1) is 12.3 Å². The maximum Gasteiger partial charge on any atom is 0.239 e. The topological polar surface area (TPSA) is 64.3 Å². The van der Waals surface area contributed by atoms with Gasteiger partial charge in [0.1, 0.15) is 6.04 Å². The molecule has 4 nitrogen and oxygen atoms in total. The largest absolute Gasteiger partial charge is 0.383 e. The van der Waals surface area contributed by atoms with Crippen LogP contribution < -0.4 is 11.1 Å². The van der Waals surface area contributed by atoms with Gasteiger partial charge in [-0.05, 0) is 23.5 Å². The summed E-state index contributed by atoms with van der Waals surface area (Å²) in [7, 11) is 1.54. The smallest absolute Gasteiger partial charge is 0.239 e. The van der Waals surface area contributed by atoms with Gasteiger partial charge in [-0.1, -0.05) is 45.0 Å². The Kier molecular flexibility index (Phi) is 5.72. The normalized spacial score (nSPS) is 14.7. The zero-order chi connectivity index (χ0) is 15.3. The second kappa shape index (κ2) is 6.86. The Morgan fingerprint density at radius 1 is 1.35 bits per heavy atom. The third kappa shape index (κ3) is 4.32. The highest BCUT2D eigenvalue weighted by Gasteiger charge is 2.30. The monoisotopic (exact) mass is 278 g/mol. The van der Waals surface area contributed by atoms with Gasteiger partial charge in [0.15, 0.2) is 0 Å². The van der Waals surface area contributed by atoms with Gasteiger partial charge < -0.3 is 15.8 Å². The first kappa shape index (κ1) is 16.7. The van der Waals surface area contributed by atoms with E-state index in [9.17, 15) is 4.79 Å². The molecule has 1 rings (SSSR count). The molecule has 2 atom stereocenters. The summed E-state index contributed by atoms with van der Waals surface area (Å²) in [6.45, 7) is 8.58. The Hall–Kier alpha value is -1.39. The van der Waals surface area contributed by atoms with E-state index >= 15 is 0 Å². The number of nitrogens with two attached hydrogens (primary N) is 1. The predicted octanol–water partition coefficient (Wildman–Crippen LogP) is 2.17. The van der Waals surface area contributed by atoms with Gasteiger partial charge in [-0.15, -0.1) is 0 Å². The SMILES string of the molecule is COCC(N)C(=O)NC(c1ccccc1C)C(C)(C)C. The van der Waals surface area contributed by atoms with E-state index in [1.807, 2.05) is 18.2 Å². The van der Waals surface area contributed by atoms with Crippen LogP contribution in [-0.4, -0.2) is 25.7 Å². The number of carbonyl (C=O) groups is 1. The second-order valence-electron chi connectivity index (χ2n) is 6.23. The van der Waals surface area contributed by atoms with Gasteiger partial charge >= 0.3 is 0 Å². The fourth-order valence-electron chi connectivity index (χ4n) is 2.18. The van der Waals surface area contributed by atoms with Crippen molar-refractivity contribution in [3.8, 4) is 0 Å². The Balaban J connectivity index is 2.98. The lowest BCUT2D eigenvalue weighted by atomic mass is 9.80. The van der Waals surface area contributed by atoms with Gasteiger partial charge in [0, 0.05) is 7.11 Å². The molecular weight excluding hydrogens is 252 g/mol. The van der Waals surface area contributed by atoms with Crippen molar-refractivity contribution in [1.29, 1.82) is 0 Å². The lowest BCUT2D eigenvalue weighted by Gasteiger charge is -2.33. The number of aryl methyl sites for hydroxylation is 1. The number of hydrogen-bond donors (Lipinski definition) is 2. The summed E-state index contributed by atoms with van der Waals surface area (Å²) >= 11 is 0. The number of ether oxygens (including phenoxy) is 1. The van der Waals surface area contributed by atoms with Crippen molar-refractivity contribution in [3.05, 3.63) is 35.4 Å². The molecule has 1 aromatic carbocycles. The van der Waals surface area contributed by atoms with E-state index in [0.717, 1.165) is 11.1 Å². The van der Waals surface area contributed by atoms with Crippen LogP contribution in [-0.2, 0) is 9.53 Å². The summed E-state index contributed by atoms with van der Waals surface area (Å²) in [5.74, 6) is -0.185. The van der Waals surface area contributed by atoms with Crippen molar-refractivity contribution in [2.75, 3.05) is 13.7 Å². The fourth-order valence-corrected chi connectivity index (χ4v) is 2.18. The molecule has 0 spiro atoms. The predicted molar refractivity (Wildman–Crippen MR) is 81.4 cm³/mol. The van der Waals surface area contributed by atoms with E-state index in [1.165, 1.54) is 7.11 Å². The van der Waals surface area contributed by atoms with Crippen LogP contribution in [0.5, 0.6) is 0 Å². The molecule has 0 aromatic heterocycles. The second-order valence-corrected chi connectivity index (χ2v) is 6.23. The minimum absolute atomic E-state index is 0.0842. The Bertz CT molecular complexity index is 452. The van der Waals surface area contributed by atoms with Crippen LogP contribution in [0.1, 0.15) is 37.9 Å². The Labute approximate surface area is 121 Å². The van der Waals surface area contributed by atoms with Crippen LogP contribution in [0.15, 0.2) is 24.3 Å². The number of rotatable bonds is 5. The van der Waals surface area contributed by atoms with Crippen molar-refractivity contribution in [1.82, 2.24) is 5.32 Å². The molecule has 20 heavy (non-hydrogen) atoms. The highest BCUT2D eigenvalue weighted by Crippen LogP contribution is 2.34. The van der Waals surface area contributed by atoms with Gasteiger partial charge in [0.2, 0.25) is 5.91 Å². The van der Waals surface area contributed by atoms with Crippen LogP contribution in [0.2, 0.25) is 0 Å². The third-order valence-corrected chi connectivity index (χ3v) is 3.34. The minimum Gasteiger partial charge on any atom is -0.383 e. The Morgan fingerprint density at radius 2 is 1.95 bits per heavy atom. The molecule has 0 aliphatic rings. The maximum absolute atomic E-state index is 12.2. The minimum atomic E-state index is -0.645. The molecule has 3 N–H and O–H groups in total. The molecule has 0 radical (unpaired) electrons. The summed E-state index contributed by atoms with van der Waals surface area (Å²) in [5.41, 5.74) is 7.98. The van der Waals surface area contributed by atoms with Gasteiger partial charge in [0.25, 0.3) is 0 Å². The van der Waals surface area contributed by atoms with Crippen molar-refractivity contribution >= 4 is 5.91 Å². The third-order valence-electron chi connectivity index (χ3n) is 3.34. The number of amides is 1. The van der Waals surface area contributed by atoms with Gasteiger partial charge in [-0.2, -0.15) is 0 Å². The van der Waals surface area contributed by atoms with Gasteiger partial charge in [-0.3, -0.25) is 4.79 Å². The molecule has 112 valence electrons. The zero-order valence-electron chi connectivity index (χ0n) is 13.1. The zero-order valence-corrected chi connectivity index (χ0v) is 13.1. The lowest BCUT2D eigenvalue weighted by Crippen LogP contribution is -2.47. The van der Waals surface area contributed by atoms with Crippen LogP contribution in [0.3, 0.4) is 0 Å². The average molecular weight is 278 g/mol. The Morgan fingerprint density at radius 3 is 2.45 bits per heavy atom. The molecule has 4 heteroatoms. The summed E-state index contributed by atoms with van der Waals surface area (Å²) in [6, 6.07) is 7.36. The van der Waals surface area contributed by atoms with E-state index in [1.54, 1.807) is 0 Å². The highest BCUT2D eigenvalue weighted by atomic mass is 16.5. The lowest BCUT2D eigenvalue weighted by molar-refractivity contribution is -0.125. The molecule has 0 fully saturated rings. The molecule has 1 amide bonds. The highest BCUT2D eigenvalue weighted by molar-refractivity contribution is 5.82. The van der Waals surface area contributed by atoms with E-state index in [-0.39, 0.29) is 24.0 Å². The molecule has 0 aliphatic carbocycles. The summed E-state index contributed by atoms with van der Waals surface area (Å²) in [4.78, 5) is 12.2. The number of carbonyl (C=O) groups excluding carboxylic acids is 1. The van der Waals surface area contributed by atoms with Crippen LogP contribution in [0.25, 0.3) is 0 Å². The first-order valence-corrected chi connectivity index (χ1v) is 6.87. The number of hydrogen-bond acceptors (Lipinski definition) is 3. The van der Waals surface area contributed by atoms with E-state index in [4.69, 9.17) is 10.5 Å². The number of nitrogens with one attached hydrogen (secondary N) is 1. The number of benzene rings is 1. The van der Waals surface area contributed by atoms with Crippen molar-refractivity contribution in [2.24, 2.45) is 11.1 Å². The molecule has 0 saturated heterocycles. The first-order chi connectivity index (χ1) is 9.27. The van der Waals surface area contributed by atoms with Gasteiger partial charge in [-0.25, -0.2) is 0 Å². The molecule has 1 aromatic rings. The fraction of sp³-hybridized carbons (Fsp3) is 0.562. The quantitative estimate of drug-likeness (QED) is 0.867. The van der Waals surface area contributed by atoms with Crippen molar-refractivity contribution < 1.29 is 9.53 Å². The van der Waals surface area contributed by atoms with E-state index < -0.39 is 6.04 Å². The maximum atomic E-state index is 12.2. The molecule has 0 bridgehead atoms. The molecular formula is C16H26N2O2. The van der Waals surface area contributed by atoms with E-state index in [0.29, 0.717) is 0 Å².